The summed E-state index contributed by atoms with van der Waals surface area (Å²) in [7, 11) is 0. The van der Waals surface area contributed by atoms with Crippen LogP contribution in [0.15, 0.2) is 12.1 Å². The van der Waals surface area contributed by atoms with Gasteiger partial charge in [-0.25, -0.2) is 0 Å². The van der Waals surface area contributed by atoms with Crippen LogP contribution < -0.4 is 5.73 Å². The van der Waals surface area contributed by atoms with Crippen LogP contribution in [-0.2, 0) is 5.41 Å². The molecule has 0 aliphatic heterocycles. The maximum Gasteiger partial charge on any atom is 0.0931 e. The van der Waals surface area contributed by atoms with Gasteiger partial charge in [0.05, 0.1) is 10.9 Å². The SMILES string of the molecule is CC1(c2ccc(Cl)s2)CC1(CN)CO. The zero-order valence-corrected chi connectivity index (χ0v) is 9.66. The number of thiophene rings is 1. The first-order valence-corrected chi connectivity index (χ1v) is 5.84. The summed E-state index contributed by atoms with van der Waals surface area (Å²) in [6.07, 6.45) is 0.962. The van der Waals surface area contributed by atoms with Crippen molar-refractivity contribution in [2.75, 3.05) is 13.2 Å². The number of nitrogens with two attached hydrogens (primary N) is 1. The van der Waals surface area contributed by atoms with Crippen molar-refractivity contribution in [1.82, 2.24) is 0 Å². The van der Waals surface area contributed by atoms with E-state index in [0.717, 1.165) is 10.8 Å². The fourth-order valence-corrected chi connectivity index (χ4v) is 3.49. The van der Waals surface area contributed by atoms with Crippen LogP contribution in [0.4, 0.5) is 0 Å². The molecule has 1 aliphatic rings. The van der Waals surface area contributed by atoms with E-state index in [1.807, 2.05) is 12.1 Å². The molecule has 78 valence electrons. The Morgan fingerprint density at radius 1 is 1.64 bits per heavy atom. The minimum atomic E-state index is -0.110. The molecule has 1 aromatic heterocycles. The van der Waals surface area contributed by atoms with Gasteiger partial charge in [-0.2, -0.15) is 0 Å². The molecule has 2 nitrogen and oxygen atoms in total. The van der Waals surface area contributed by atoms with E-state index < -0.39 is 0 Å². The molecule has 0 bridgehead atoms. The summed E-state index contributed by atoms with van der Waals surface area (Å²) in [5, 5.41) is 9.35. The quantitative estimate of drug-likeness (QED) is 0.836. The third kappa shape index (κ3) is 1.23. The number of rotatable bonds is 3. The van der Waals surface area contributed by atoms with E-state index in [2.05, 4.69) is 6.92 Å². The Kier molecular flexibility index (Phi) is 2.39. The summed E-state index contributed by atoms with van der Waals surface area (Å²) < 4.78 is 0.803. The van der Waals surface area contributed by atoms with Gasteiger partial charge in [-0.15, -0.1) is 11.3 Å². The molecule has 14 heavy (non-hydrogen) atoms. The van der Waals surface area contributed by atoms with Crippen LogP contribution in [0.2, 0.25) is 4.34 Å². The molecule has 1 aromatic rings. The topological polar surface area (TPSA) is 46.2 Å². The zero-order chi connectivity index (χ0) is 10.4. The van der Waals surface area contributed by atoms with Gasteiger partial charge in [-0.05, 0) is 18.6 Å². The number of halogens is 1. The molecule has 0 amide bonds. The average Bonchev–Trinajstić information content (AvgIpc) is 2.54. The summed E-state index contributed by atoms with van der Waals surface area (Å²) in [4.78, 5) is 1.24. The van der Waals surface area contributed by atoms with Gasteiger partial charge in [0, 0.05) is 22.3 Å². The fourth-order valence-electron chi connectivity index (χ4n) is 2.18. The molecule has 2 rings (SSSR count). The van der Waals surface area contributed by atoms with Crippen molar-refractivity contribution in [2.45, 2.75) is 18.8 Å². The van der Waals surface area contributed by atoms with Gasteiger partial charge in [0.15, 0.2) is 0 Å². The van der Waals surface area contributed by atoms with E-state index in [9.17, 15) is 5.11 Å². The highest BCUT2D eigenvalue weighted by Crippen LogP contribution is 2.64. The Morgan fingerprint density at radius 2 is 2.36 bits per heavy atom. The van der Waals surface area contributed by atoms with Crippen molar-refractivity contribution >= 4 is 22.9 Å². The standard InChI is InChI=1S/C10H14ClNOS/c1-9(4-10(9,5-12)6-13)7-2-3-8(11)14-7/h2-3,13H,4-6,12H2,1H3. The molecule has 2 atom stereocenters. The Bertz CT molecular complexity index is 348. The van der Waals surface area contributed by atoms with Gasteiger partial charge >= 0.3 is 0 Å². The first kappa shape index (κ1) is 10.4. The van der Waals surface area contributed by atoms with E-state index in [0.29, 0.717) is 6.54 Å². The zero-order valence-electron chi connectivity index (χ0n) is 8.09. The lowest BCUT2D eigenvalue weighted by molar-refractivity contribution is 0.199. The third-order valence-electron chi connectivity index (χ3n) is 3.55. The van der Waals surface area contributed by atoms with Crippen molar-refractivity contribution < 1.29 is 5.11 Å². The van der Waals surface area contributed by atoms with Crippen molar-refractivity contribution in [1.29, 1.82) is 0 Å². The highest BCUT2D eigenvalue weighted by Gasteiger charge is 2.64. The van der Waals surface area contributed by atoms with E-state index in [-0.39, 0.29) is 17.4 Å². The van der Waals surface area contributed by atoms with Crippen LogP contribution in [0.5, 0.6) is 0 Å². The Labute approximate surface area is 92.7 Å². The van der Waals surface area contributed by atoms with Gasteiger partial charge < -0.3 is 10.8 Å². The Balaban J connectivity index is 2.29. The van der Waals surface area contributed by atoms with Crippen LogP contribution in [0.3, 0.4) is 0 Å². The normalized spacial score (nSPS) is 36.0. The molecule has 1 heterocycles. The summed E-state index contributed by atoms with van der Waals surface area (Å²) in [6.45, 7) is 2.85. The van der Waals surface area contributed by atoms with Crippen LogP contribution in [0, 0.1) is 5.41 Å². The number of aliphatic hydroxyl groups is 1. The molecule has 1 fully saturated rings. The minimum Gasteiger partial charge on any atom is -0.396 e. The number of aliphatic hydroxyl groups excluding tert-OH is 1. The minimum absolute atomic E-state index is 0.0360. The second kappa shape index (κ2) is 3.20. The Hall–Kier alpha value is -0.0900. The predicted octanol–water partition coefficient (Wildman–Crippen LogP) is 2.00. The molecule has 3 N–H and O–H groups in total. The third-order valence-corrected chi connectivity index (χ3v) is 5.04. The molecule has 1 saturated carbocycles. The summed E-state index contributed by atoms with van der Waals surface area (Å²) in [5.41, 5.74) is 5.64. The van der Waals surface area contributed by atoms with E-state index in [1.54, 1.807) is 11.3 Å². The van der Waals surface area contributed by atoms with Crippen molar-refractivity contribution in [3.05, 3.63) is 21.3 Å². The van der Waals surface area contributed by atoms with Crippen molar-refractivity contribution in [2.24, 2.45) is 11.1 Å². The number of hydrogen-bond donors (Lipinski definition) is 2. The summed E-state index contributed by atoms with van der Waals surface area (Å²) >= 11 is 7.49. The molecule has 4 heteroatoms. The smallest absolute Gasteiger partial charge is 0.0931 e. The molecule has 0 radical (unpaired) electrons. The highest BCUT2D eigenvalue weighted by atomic mass is 35.5. The first-order chi connectivity index (χ1) is 6.58. The lowest BCUT2D eigenvalue weighted by atomic mass is 9.94. The van der Waals surface area contributed by atoms with Gasteiger partial charge in [0.25, 0.3) is 0 Å². The summed E-state index contributed by atoms with van der Waals surface area (Å²) in [5.74, 6) is 0. The molecule has 2 unspecified atom stereocenters. The number of hydrogen-bond acceptors (Lipinski definition) is 3. The maximum absolute atomic E-state index is 9.35. The second-order valence-corrected chi connectivity index (χ2v) is 5.97. The van der Waals surface area contributed by atoms with Gasteiger partial charge in [-0.3, -0.25) is 0 Å². The lowest BCUT2D eigenvalue weighted by Gasteiger charge is -2.17. The molecule has 1 aliphatic carbocycles. The van der Waals surface area contributed by atoms with Crippen molar-refractivity contribution in [3.8, 4) is 0 Å². The van der Waals surface area contributed by atoms with Crippen LogP contribution in [-0.4, -0.2) is 18.3 Å². The predicted molar refractivity (Wildman–Crippen MR) is 59.9 cm³/mol. The molecule has 0 saturated heterocycles. The van der Waals surface area contributed by atoms with Crippen LogP contribution in [0.25, 0.3) is 0 Å². The maximum atomic E-state index is 9.35. The van der Waals surface area contributed by atoms with Gasteiger partial charge in [0.2, 0.25) is 0 Å². The highest BCUT2D eigenvalue weighted by molar-refractivity contribution is 7.16. The summed E-state index contributed by atoms with van der Waals surface area (Å²) in [6, 6.07) is 3.95. The van der Waals surface area contributed by atoms with Crippen LogP contribution >= 0.6 is 22.9 Å². The van der Waals surface area contributed by atoms with E-state index in [1.165, 1.54) is 4.88 Å². The Morgan fingerprint density at radius 3 is 2.71 bits per heavy atom. The molecule has 0 aromatic carbocycles. The first-order valence-electron chi connectivity index (χ1n) is 4.65. The van der Waals surface area contributed by atoms with Gasteiger partial charge in [0.1, 0.15) is 0 Å². The largest absolute Gasteiger partial charge is 0.396 e. The molecular formula is C10H14ClNOS. The van der Waals surface area contributed by atoms with Gasteiger partial charge in [-0.1, -0.05) is 18.5 Å². The van der Waals surface area contributed by atoms with E-state index >= 15 is 0 Å². The lowest BCUT2D eigenvalue weighted by Crippen LogP contribution is -2.27. The fraction of sp³-hybridized carbons (Fsp3) is 0.600. The molecular weight excluding hydrogens is 218 g/mol. The van der Waals surface area contributed by atoms with Crippen LogP contribution in [0.1, 0.15) is 18.2 Å². The van der Waals surface area contributed by atoms with E-state index in [4.69, 9.17) is 17.3 Å². The molecule has 0 spiro atoms. The second-order valence-electron chi connectivity index (χ2n) is 4.26. The monoisotopic (exact) mass is 231 g/mol. The average molecular weight is 232 g/mol. The van der Waals surface area contributed by atoms with Crippen molar-refractivity contribution in [3.63, 3.8) is 0 Å².